The molecule has 1 amide bonds. The maximum absolute atomic E-state index is 12.9. The summed E-state index contributed by atoms with van der Waals surface area (Å²) in [6.45, 7) is 7.42. The molecule has 0 spiro atoms. The lowest BCUT2D eigenvalue weighted by Gasteiger charge is -2.37. The fourth-order valence-corrected chi connectivity index (χ4v) is 8.46. The molecular weight excluding hydrogens is 468 g/mol. The van der Waals surface area contributed by atoms with Crippen molar-refractivity contribution in [3.05, 3.63) is 59.2 Å². The third-order valence-corrected chi connectivity index (χ3v) is 9.86. The lowest BCUT2D eigenvalue weighted by Crippen LogP contribution is -2.49. The highest BCUT2D eigenvalue weighted by Crippen LogP contribution is 2.34. The van der Waals surface area contributed by atoms with Gasteiger partial charge >= 0.3 is 0 Å². The Hall–Kier alpha value is -2.52. The first-order chi connectivity index (χ1) is 16.3. The Balaban J connectivity index is 1.12. The van der Waals surface area contributed by atoms with Crippen LogP contribution in [0.4, 0.5) is 11.4 Å². The number of nitrogens with one attached hydrogen (secondary N) is 1. The quantitative estimate of drug-likeness (QED) is 0.698. The minimum atomic E-state index is -2.94. The molecule has 2 atom stereocenters. The number of thioether (sulfide) groups is 1. The SMILES string of the molecule is Cc1ccc(C)c(N2CCN(C(=O)Cc3ccc(NC4=N[C@@H]5CS(=O)(=O)C[C@@H]5S4)cc3)CC2)c1. The number of amidine groups is 1. The first kappa shape index (κ1) is 23.2. The molecule has 0 aromatic heterocycles. The van der Waals surface area contributed by atoms with E-state index in [2.05, 4.69) is 47.3 Å². The molecule has 1 N–H and O–H groups in total. The van der Waals surface area contributed by atoms with E-state index in [0.29, 0.717) is 6.42 Å². The third kappa shape index (κ3) is 5.10. The van der Waals surface area contributed by atoms with E-state index in [0.717, 1.165) is 42.6 Å². The van der Waals surface area contributed by atoms with Gasteiger partial charge in [0, 0.05) is 42.8 Å². The summed E-state index contributed by atoms with van der Waals surface area (Å²) < 4.78 is 23.4. The highest BCUT2D eigenvalue weighted by molar-refractivity contribution is 8.15. The topological polar surface area (TPSA) is 82.1 Å². The number of sulfone groups is 1. The molecule has 3 heterocycles. The fraction of sp³-hybridized carbons (Fsp3) is 0.440. The summed E-state index contributed by atoms with van der Waals surface area (Å²) in [6.07, 6.45) is 0.390. The zero-order valence-corrected chi connectivity index (χ0v) is 21.2. The van der Waals surface area contributed by atoms with E-state index in [1.165, 1.54) is 28.6 Å². The highest BCUT2D eigenvalue weighted by atomic mass is 32.2. The van der Waals surface area contributed by atoms with Crippen LogP contribution < -0.4 is 10.2 Å². The Bertz CT molecular complexity index is 1220. The van der Waals surface area contributed by atoms with Crippen molar-refractivity contribution in [2.75, 3.05) is 47.9 Å². The maximum Gasteiger partial charge on any atom is 0.227 e. The molecule has 0 saturated carbocycles. The van der Waals surface area contributed by atoms with Gasteiger partial charge in [0.05, 0.1) is 24.0 Å². The molecule has 34 heavy (non-hydrogen) atoms. The third-order valence-electron chi connectivity index (χ3n) is 6.72. The molecule has 0 bridgehead atoms. The number of piperazine rings is 1. The molecule has 9 heteroatoms. The van der Waals surface area contributed by atoms with Crippen LogP contribution >= 0.6 is 11.8 Å². The smallest absolute Gasteiger partial charge is 0.227 e. The molecule has 0 unspecified atom stereocenters. The minimum absolute atomic E-state index is 0.0275. The van der Waals surface area contributed by atoms with Crippen LogP contribution in [0.25, 0.3) is 0 Å². The van der Waals surface area contributed by atoms with Crippen molar-refractivity contribution >= 4 is 44.0 Å². The van der Waals surface area contributed by atoms with Gasteiger partial charge < -0.3 is 15.1 Å². The van der Waals surface area contributed by atoms with E-state index in [1.54, 1.807) is 0 Å². The number of hydrogen-bond donors (Lipinski definition) is 1. The van der Waals surface area contributed by atoms with Gasteiger partial charge in [0.15, 0.2) is 15.0 Å². The second-order valence-electron chi connectivity index (χ2n) is 9.39. The van der Waals surface area contributed by atoms with Gasteiger partial charge in [0.25, 0.3) is 0 Å². The molecular formula is C25H30N4O3S2. The summed E-state index contributed by atoms with van der Waals surface area (Å²) in [7, 11) is -2.94. The van der Waals surface area contributed by atoms with E-state index >= 15 is 0 Å². The molecule has 3 aliphatic heterocycles. The Labute approximate surface area is 205 Å². The number of hydrogen-bond acceptors (Lipinski definition) is 7. The van der Waals surface area contributed by atoms with Gasteiger partial charge in [-0.2, -0.15) is 0 Å². The highest BCUT2D eigenvalue weighted by Gasteiger charge is 2.42. The maximum atomic E-state index is 12.9. The van der Waals surface area contributed by atoms with E-state index in [9.17, 15) is 13.2 Å². The second-order valence-corrected chi connectivity index (χ2v) is 12.8. The van der Waals surface area contributed by atoms with Crippen molar-refractivity contribution in [2.24, 2.45) is 4.99 Å². The molecule has 7 nitrogen and oxygen atoms in total. The molecule has 2 fully saturated rings. The number of carbonyl (C=O) groups is 1. The molecule has 0 aliphatic carbocycles. The Morgan fingerprint density at radius 1 is 1.06 bits per heavy atom. The lowest BCUT2D eigenvalue weighted by atomic mass is 10.1. The molecule has 3 aliphatic rings. The van der Waals surface area contributed by atoms with E-state index < -0.39 is 9.84 Å². The fourth-order valence-electron chi connectivity index (χ4n) is 4.79. The molecule has 0 radical (unpaired) electrons. The van der Waals surface area contributed by atoms with Crippen LogP contribution in [0, 0.1) is 13.8 Å². The Morgan fingerprint density at radius 2 is 1.79 bits per heavy atom. The number of rotatable bonds is 4. The average Bonchev–Trinajstić information content (AvgIpc) is 3.29. The Kier molecular flexibility index (Phi) is 6.33. The lowest BCUT2D eigenvalue weighted by molar-refractivity contribution is -0.130. The molecule has 2 aromatic rings. The van der Waals surface area contributed by atoms with Gasteiger partial charge in [-0.3, -0.25) is 9.79 Å². The van der Waals surface area contributed by atoms with Crippen LogP contribution in [-0.2, 0) is 21.1 Å². The normalized spacial score (nSPS) is 23.5. The summed E-state index contributed by atoms with van der Waals surface area (Å²) in [6, 6.07) is 14.2. The van der Waals surface area contributed by atoms with Gasteiger partial charge in [-0.25, -0.2) is 8.42 Å². The van der Waals surface area contributed by atoms with Gasteiger partial charge in [-0.1, -0.05) is 36.0 Å². The molecule has 2 aromatic carbocycles. The van der Waals surface area contributed by atoms with Crippen molar-refractivity contribution in [2.45, 2.75) is 31.6 Å². The first-order valence-electron chi connectivity index (χ1n) is 11.7. The van der Waals surface area contributed by atoms with Crippen molar-refractivity contribution in [3.8, 4) is 0 Å². The molecule has 5 rings (SSSR count). The van der Waals surface area contributed by atoms with Gasteiger partial charge in [0.1, 0.15) is 0 Å². The second kappa shape index (κ2) is 9.26. The van der Waals surface area contributed by atoms with E-state index in [-0.39, 0.29) is 28.7 Å². The zero-order valence-electron chi connectivity index (χ0n) is 19.5. The van der Waals surface area contributed by atoms with Gasteiger partial charge in [-0.05, 0) is 48.7 Å². The van der Waals surface area contributed by atoms with Crippen LogP contribution in [0.3, 0.4) is 0 Å². The summed E-state index contributed by atoms with van der Waals surface area (Å²) in [4.78, 5) is 21.8. The van der Waals surface area contributed by atoms with Gasteiger partial charge in [-0.15, -0.1) is 0 Å². The van der Waals surface area contributed by atoms with Crippen molar-refractivity contribution in [1.82, 2.24) is 4.90 Å². The summed E-state index contributed by atoms with van der Waals surface area (Å²) in [5, 5.41) is 4.09. The van der Waals surface area contributed by atoms with Gasteiger partial charge in [0.2, 0.25) is 5.91 Å². The van der Waals surface area contributed by atoms with Crippen LogP contribution in [0.2, 0.25) is 0 Å². The molecule has 2 saturated heterocycles. The average molecular weight is 499 g/mol. The summed E-state index contributed by atoms with van der Waals surface area (Å²) in [5.41, 5.74) is 5.68. The number of anilines is 2. The number of carbonyl (C=O) groups excluding carboxylic acids is 1. The van der Waals surface area contributed by atoms with Crippen LogP contribution in [-0.4, -0.2) is 73.4 Å². The van der Waals surface area contributed by atoms with Crippen LogP contribution in [0.5, 0.6) is 0 Å². The number of aliphatic imine (C=N–C) groups is 1. The minimum Gasteiger partial charge on any atom is -0.368 e. The molecule has 180 valence electrons. The number of aryl methyl sites for hydroxylation is 2. The van der Waals surface area contributed by atoms with E-state index in [1.807, 2.05) is 29.2 Å². The summed E-state index contributed by atoms with van der Waals surface area (Å²) >= 11 is 1.51. The standard InChI is InChI=1S/C25H30N4O3S2/c1-17-3-4-18(2)22(13-17)28-9-11-29(12-10-28)24(30)14-19-5-7-20(8-6-19)26-25-27-21-15-34(31,32)16-23(21)33-25/h3-8,13,21,23H,9-12,14-16H2,1-2H3,(H,26,27)/t21-,23+/m1/s1. The largest absolute Gasteiger partial charge is 0.368 e. The first-order valence-corrected chi connectivity index (χ1v) is 14.4. The number of nitrogens with zero attached hydrogens (tertiary/aromatic N) is 3. The summed E-state index contributed by atoms with van der Waals surface area (Å²) in [5.74, 6) is 0.512. The number of benzene rings is 2. The number of amides is 1. The van der Waals surface area contributed by atoms with Crippen molar-refractivity contribution < 1.29 is 13.2 Å². The van der Waals surface area contributed by atoms with Crippen LogP contribution in [0.1, 0.15) is 16.7 Å². The zero-order chi connectivity index (χ0) is 23.9. The van der Waals surface area contributed by atoms with Crippen molar-refractivity contribution in [3.63, 3.8) is 0 Å². The number of fused-ring (bicyclic) bond motifs is 1. The van der Waals surface area contributed by atoms with E-state index in [4.69, 9.17) is 0 Å². The predicted octanol–water partition coefficient (Wildman–Crippen LogP) is 2.88. The predicted molar refractivity (Wildman–Crippen MR) is 140 cm³/mol. The van der Waals surface area contributed by atoms with Crippen molar-refractivity contribution in [1.29, 1.82) is 0 Å². The monoisotopic (exact) mass is 498 g/mol. The van der Waals surface area contributed by atoms with Crippen LogP contribution in [0.15, 0.2) is 47.5 Å². The Morgan fingerprint density at radius 3 is 2.50 bits per heavy atom.